The molecule has 1 aromatic heterocycles. The van der Waals surface area contributed by atoms with Crippen molar-refractivity contribution in [1.82, 2.24) is 14.8 Å². The second-order valence-electron chi connectivity index (χ2n) is 5.40. The number of aryl methyl sites for hydroxylation is 2. The Morgan fingerprint density at radius 2 is 2.28 bits per heavy atom. The van der Waals surface area contributed by atoms with Crippen LogP contribution in [0.4, 0.5) is 0 Å². The van der Waals surface area contributed by atoms with E-state index in [4.69, 9.17) is 4.74 Å². The summed E-state index contributed by atoms with van der Waals surface area (Å²) in [4.78, 5) is 0. The van der Waals surface area contributed by atoms with Crippen molar-refractivity contribution in [1.29, 1.82) is 0 Å². The maximum absolute atomic E-state index is 9.27. The van der Waals surface area contributed by atoms with Crippen molar-refractivity contribution >= 4 is 0 Å². The molecule has 1 aromatic rings. The molecule has 0 bridgehead atoms. The van der Waals surface area contributed by atoms with Gasteiger partial charge in [-0.05, 0) is 25.7 Å². The summed E-state index contributed by atoms with van der Waals surface area (Å²) in [5.74, 6) is 2.52. The van der Waals surface area contributed by atoms with Crippen molar-refractivity contribution in [3.63, 3.8) is 0 Å². The van der Waals surface area contributed by atoms with Crippen LogP contribution in [0.2, 0.25) is 0 Å². The summed E-state index contributed by atoms with van der Waals surface area (Å²) in [6.45, 7) is 2.05. The van der Waals surface area contributed by atoms with Crippen molar-refractivity contribution < 1.29 is 9.84 Å². The smallest absolute Gasteiger partial charge is 0.133 e. The predicted octanol–water partition coefficient (Wildman–Crippen LogP) is 0.944. The molecule has 2 aliphatic rings. The van der Waals surface area contributed by atoms with Crippen LogP contribution in [-0.2, 0) is 24.1 Å². The summed E-state index contributed by atoms with van der Waals surface area (Å²) < 4.78 is 7.85. The molecule has 100 valence electrons. The second-order valence-corrected chi connectivity index (χ2v) is 5.40. The molecule has 0 spiro atoms. The Hall–Kier alpha value is -0.940. The number of aliphatic hydroxyl groups excluding tert-OH is 1. The zero-order valence-electron chi connectivity index (χ0n) is 10.7. The summed E-state index contributed by atoms with van der Waals surface area (Å²) in [5.41, 5.74) is 0. The van der Waals surface area contributed by atoms with Crippen molar-refractivity contribution in [3.05, 3.63) is 11.6 Å². The molecule has 5 nitrogen and oxygen atoms in total. The van der Waals surface area contributed by atoms with Gasteiger partial charge in [0.1, 0.15) is 11.6 Å². The molecule has 2 atom stereocenters. The number of hydrogen-bond donors (Lipinski definition) is 1. The van der Waals surface area contributed by atoms with Crippen LogP contribution < -0.4 is 0 Å². The van der Waals surface area contributed by atoms with Crippen LogP contribution in [0, 0.1) is 5.92 Å². The monoisotopic (exact) mass is 251 g/mol. The Morgan fingerprint density at radius 1 is 1.33 bits per heavy atom. The molecule has 0 aliphatic carbocycles. The highest BCUT2D eigenvalue weighted by atomic mass is 16.5. The van der Waals surface area contributed by atoms with E-state index in [2.05, 4.69) is 14.8 Å². The summed E-state index contributed by atoms with van der Waals surface area (Å²) in [7, 11) is 0. The third-order valence-electron chi connectivity index (χ3n) is 4.09. The third-order valence-corrected chi connectivity index (χ3v) is 4.09. The van der Waals surface area contributed by atoms with Crippen LogP contribution in [0.25, 0.3) is 0 Å². The number of nitrogens with zero attached hydrogens (tertiary/aromatic N) is 3. The third kappa shape index (κ3) is 2.42. The largest absolute Gasteiger partial charge is 0.396 e. The van der Waals surface area contributed by atoms with E-state index in [1.165, 1.54) is 12.8 Å². The van der Waals surface area contributed by atoms with Crippen LogP contribution >= 0.6 is 0 Å². The molecule has 2 unspecified atom stereocenters. The molecule has 3 heterocycles. The van der Waals surface area contributed by atoms with E-state index in [-0.39, 0.29) is 6.61 Å². The first-order valence-electron chi connectivity index (χ1n) is 7.00. The molecule has 1 fully saturated rings. The number of aromatic nitrogens is 3. The van der Waals surface area contributed by atoms with E-state index in [1.54, 1.807) is 0 Å². The topological polar surface area (TPSA) is 60.2 Å². The van der Waals surface area contributed by atoms with Crippen molar-refractivity contribution in [2.45, 2.75) is 51.2 Å². The molecule has 3 rings (SSSR count). The van der Waals surface area contributed by atoms with E-state index >= 15 is 0 Å². The van der Waals surface area contributed by atoms with E-state index < -0.39 is 0 Å². The lowest BCUT2D eigenvalue weighted by atomic mass is 10.00. The lowest BCUT2D eigenvalue weighted by Crippen LogP contribution is -2.24. The lowest BCUT2D eigenvalue weighted by molar-refractivity contribution is 0.103. The van der Waals surface area contributed by atoms with Crippen LogP contribution in [0.5, 0.6) is 0 Å². The lowest BCUT2D eigenvalue weighted by Gasteiger charge is -2.22. The van der Waals surface area contributed by atoms with Crippen molar-refractivity contribution in [2.75, 3.05) is 13.2 Å². The number of hydrogen-bond acceptors (Lipinski definition) is 4. The minimum atomic E-state index is 0.267. The van der Waals surface area contributed by atoms with Gasteiger partial charge in [0.25, 0.3) is 0 Å². The Kier molecular flexibility index (Phi) is 3.61. The van der Waals surface area contributed by atoms with Crippen LogP contribution in [0.1, 0.15) is 37.3 Å². The number of aliphatic hydroxyl groups is 1. The molecule has 0 amide bonds. The summed E-state index contributed by atoms with van der Waals surface area (Å²) in [5, 5.41) is 17.8. The average Bonchev–Trinajstić information content (AvgIpc) is 3.05. The SMILES string of the molecule is OCC1CCc2nnc(CCC3CCCO3)n2C1. The van der Waals surface area contributed by atoms with Gasteiger partial charge in [-0.3, -0.25) is 0 Å². The van der Waals surface area contributed by atoms with Crippen molar-refractivity contribution in [2.24, 2.45) is 5.92 Å². The summed E-state index contributed by atoms with van der Waals surface area (Å²) in [6, 6.07) is 0. The van der Waals surface area contributed by atoms with Gasteiger partial charge < -0.3 is 14.4 Å². The quantitative estimate of drug-likeness (QED) is 0.865. The van der Waals surface area contributed by atoms with Gasteiger partial charge in [-0.1, -0.05) is 0 Å². The Morgan fingerprint density at radius 3 is 3.06 bits per heavy atom. The molecule has 0 saturated carbocycles. The van der Waals surface area contributed by atoms with Gasteiger partial charge in [0.15, 0.2) is 0 Å². The van der Waals surface area contributed by atoms with Gasteiger partial charge in [0, 0.05) is 38.5 Å². The molecular formula is C13H21N3O2. The van der Waals surface area contributed by atoms with Gasteiger partial charge in [0.05, 0.1) is 6.10 Å². The number of ether oxygens (including phenoxy) is 1. The predicted molar refractivity (Wildman–Crippen MR) is 66.2 cm³/mol. The molecule has 5 heteroatoms. The first-order chi connectivity index (χ1) is 8.86. The van der Waals surface area contributed by atoms with Crippen LogP contribution in [0.15, 0.2) is 0 Å². The highest BCUT2D eigenvalue weighted by Gasteiger charge is 2.23. The molecule has 0 aromatic carbocycles. The van der Waals surface area contributed by atoms with Gasteiger partial charge in [0.2, 0.25) is 0 Å². The summed E-state index contributed by atoms with van der Waals surface area (Å²) in [6.07, 6.45) is 6.74. The minimum absolute atomic E-state index is 0.267. The van der Waals surface area contributed by atoms with E-state index in [1.807, 2.05) is 0 Å². The molecule has 18 heavy (non-hydrogen) atoms. The highest BCUT2D eigenvalue weighted by Crippen LogP contribution is 2.22. The number of fused-ring (bicyclic) bond motifs is 1. The fraction of sp³-hybridized carbons (Fsp3) is 0.846. The van der Waals surface area contributed by atoms with Crippen LogP contribution in [0.3, 0.4) is 0 Å². The normalized spacial score (nSPS) is 27.4. The Balaban J connectivity index is 1.64. The van der Waals surface area contributed by atoms with E-state index in [9.17, 15) is 5.11 Å². The summed E-state index contributed by atoms with van der Waals surface area (Å²) >= 11 is 0. The van der Waals surface area contributed by atoms with Crippen LogP contribution in [-0.4, -0.2) is 39.2 Å². The Bertz CT molecular complexity index is 399. The zero-order valence-corrected chi connectivity index (χ0v) is 10.7. The maximum atomic E-state index is 9.27. The molecule has 0 radical (unpaired) electrons. The first-order valence-corrected chi connectivity index (χ1v) is 7.00. The van der Waals surface area contributed by atoms with E-state index in [0.717, 1.165) is 50.5 Å². The fourth-order valence-corrected chi connectivity index (χ4v) is 2.95. The van der Waals surface area contributed by atoms with Gasteiger partial charge in [-0.25, -0.2) is 0 Å². The minimum Gasteiger partial charge on any atom is -0.396 e. The van der Waals surface area contributed by atoms with Crippen molar-refractivity contribution in [3.8, 4) is 0 Å². The zero-order chi connectivity index (χ0) is 12.4. The molecular weight excluding hydrogens is 230 g/mol. The fourth-order valence-electron chi connectivity index (χ4n) is 2.95. The Labute approximate surface area is 107 Å². The molecule has 2 aliphatic heterocycles. The van der Waals surface area contributed by atoms with Gasteiger partial charge in [-0.15, -0.1) is 10.2 Å². The number of rotatable bonds is 4. The van der Waals surface area contributed by atoms with Gasteiger partial charge >= 0.3 is 0 Å². The standard InChI is InChI=1S/C13H21N3O2/c17-9-10-3-5-12-14-15-13(16(12)8-10)6-4-11-2-1-7-18-11/h10-11,17H,1-9H2. The molecule has 1 saturated heterocycles. The van der Waals surface area contributed by atoms with Gasteiger partial charge in [-0.2, -0.15) is 0 Å². The molecule has 1 N–H and O–H groups in total. The first kappa shape index (κ1) is 12.1. The average molecular weight is 251 g/mol. The second kappa shape index (κ2) is 5.36. The van der Waals surface area contributed by atoms with E-state index in [0.29, 0.717) is 12.0 Å². The maximum Gasteiger partial charge on any atom is 0.133 e. The highest BCUT2D eigenvalue weighted by molar-refractivity contribution is 5.00.